The highest BCUT2D eigenvalue weighted by Gasteiger charge is 2.26. The van der Waals surface area contributed by atoms with E-state index in [1.807, 2.05) is 0 Å². The summed E-state index contributed by atoms with van der Waals surface area (Å²) in [5.41, 5.74) is 1.27. The Morgan fingerprint density at radius 1 is 1.00 bits per heavy atom. The molecule has 0 radical (unpaired) electrons. The fourth-order valence-corrected chi connectivity index (χ4v) is 3.43. The molecule has 2 rings (SSSR count). The fourth-order valence-electron chi connectivity index (χ4n) is 2.58. The quantitative estimate of drug-likeness (QED) is 0.676. The van der Waals surface area contributed by atoms with Crippen LogP contribution in [0, 0.1) is 0 Å². The fraction of sp³-hybridized carbons (Fsp3) is 0.263. The molecule has 0 aromatic heterocycles. The molecule has 0 aliphatic carbocycles. The van der Waals surface area contributed by atoms with E-state index in [9.17, 15) is 9.59 Å². The van der Waals surface area contributed by atoms with Gasteiger partial charge in [-0.25, -0.2) is 0 Å². The Hall–Kier alpha value is -1.46. The van der Waals surface area contributed by atoms with E-state index in [0.29, 0.717) is 25.7 Å². The van der Waals surface area contributed by atoms with Crippen LogP contribution in [0.1, 0.15) is 18.1 Å². The molecule has 4 nitrogen and oxygen atoms in total. The van der Waals surface area contributed by atoms with Crippen LogP contribution in [0.15, 0.2) is 36.4 Å². The summed E-state index contributed by atoms with van der Waals surface area (Å²) >= 11 is 24.4. The minimum Gasteiger partial charge on any atom is -0.357 e. The molecule has 0 unspecified atom stereocenters. The molecule has 1 atom stereocenters. The summed E-state index contributed by atoms with van der Waals surface area (Å²) in [6.07, 6.45) is -0.0266. The highest BCUT2D eigenvalue weighted by Crippen LogP contribution is 2.27. The van der Waals surface area contributed by atoms with Gasteiger partial charge in [-0.2, -0.15) is 0 Å². The van der Waals surface area contributed by atoms with Gasteiger partial charge in [0, 0.05) is 23.6 Å². The maximum atomic E-state index is 13.0. The third-order valence-corrected chi connectivity index (χ3v) is 5.59. The van der Waals surface area contributed by atoms with Crippen LogP contribution in [0.3, 0.4) is 0 Å². The van der Waals surface area contributed by atoms with Gasteiger partial charge in [0.05, 0.1) is 16.5 Å². The molecule has 0 fully saturated rings. The second-order valence-electron chi connectivity index (χ2n) is 5.94. The standard InChI is InChI=1S/C19H18Cl4N2O2/c1-11(19(27)24-2)25(10-12-6-7-16(22)17(23)8-12)18(26)9-13-14(20)4-3-5-15(13)21/h3-8,11H,9-10H2,1-2H3,(H,24,27)/t11-/m1/s1. The number of carbonyl (C=O) groups excluding carboxylic acids is 2. The Labute approximate surface area is 178 Å². The number of hydrogen-bond donors (Lipinski definition) is 1. The average molecular weight is 448 g/mol. The van der Waals surface area contributed by atoms with Crippen molar-refractivity contribution in [1.29, 1.82) is 0 Å². The molecule has 2 aromatic rings. The molecule has 0 saturated heterocycles. The second-order valence-corrected chi connectivity index (χ2v) is 7.57. The van der Waals surface area contributed by atoms with E-state index in [-0.39, 0.29) is 24.8 Å². The molecule has 0 bridgehead atoms. The van der Waals surface area contributed by atoms with Crippen molar-refractivity contribution in [3.8, 4) is 0 Å². The van der Waals surface area contributed by atoms with E-state index in [1.54, 1.807) is 43.3 Å². The van der Waals surface area contributed by atoms with Crippen molar-refractivity contribution >= 4 is 58.2 Å². The molecule has 0 aliphatic rings. The summed E-state index contributed by atoms with van der Waals surface area (Å²) < 4.78 is 0. The predicted molar refractivity (Wildman–Crippen MR) is 111 cm³/mol. The highest BCUT2D eigenvalue weighted by atomic mass is 35.5. The van der Waals surface area contributed by atoms with Gasteiger partial charge in [0.25, 0.3) is 0 Å². The van der Waals surface area contributed by atoms with Crippen LogP contribution in [0.25, 0.3) is 0 Å². The largest absolute Gasteiger partial charge is 0.357 e. The SMILES string of the molecule is CNC(=O)[C@@H](C)N(Cc1ccc(Cl)c(Cl)c1)C(=O)Cc1c(Cl)cccc1Cl. The first-order valence-electron chi connectivity index (χ1n) is 8.12. The van der Waals surface area contributed by atoms with Crippen LogP contribution in [-0.4, -0.2) is 29.8 Å². The number of halogens is 4. The zero-order valence-corrected chi connectivity index (χ0v) is 17.8. The first-order valence-corrected chi connectivity index (χ1v) is 9.63. The Balaban J connectivity index is 2.32. The molecule has 0 saturated carbocycles. The van der Waals surface area contributed by atoms with Crippen LogP contribution >= 0.6 is 46.4 Å². The highest BCUT2D eigenvalue weighted by molar-refractivity contribution is 6.42. The predicted octanol–water partition coefficient (Wildman–Crippen LogP) is 5.01. The van der Waals surface area contributed by atoms with Gasteiger partial charge in [-0.15, -0.1) is 0 Å². The molecule has 2 aromatic carbocycles. The van der Waals surface area contributed by atoms with Crippen LogP contribution in [0.4, 0.5) is 0 Å². The Morgan fingerprint density at radius 2 is 1.63 bits per heavy atom. The van der Waals surface area contributed by atoms with Gasteiger partial charge in [0.1, 0.15) is 6.04 Å². The lowest BCUT2D eigenvalue weighted by atomic mass is 10.1. The van der Waals surface area contributed by atoms with E-state index in [0.717, 1.165) is 5.56 Å². The van der Waals surface area contributed by atoms with Crippen molar-refractivity contribution in [2.45, 2.75) is 25.9 Å². The zero-order valence-electron chi connectivity index (χ0n) is 14.7. The summed E-state index contributed by atoms with van der Waals surface area (Å²) in [4.78, 5) is 26.6. The lowest BCUT2D eigenvalue weighted by Gasteiger charge is -2.29. The molecular formula is C19H18Cl4N2O2. The Bertz CT molecular complexity index is 837. The van der Waals surface area contributed by atoms with Gasteiger partial charge in [-0.1, -0.05) is 58.5 Å². The summed E-state index contributed by atoms with van der Waals surface area (Å²) in [6, 6.07) is 9.43. The minimum absolute atomic E-state index is 0.0266. The van der Waals surface area contributed by atoms with E-state index in [2.05, 4.69) is 5.32 Å². The molecule has 0 spiro atoms. The van der Waals surface area contributed by atoms with Crippen molar-refractivity contribution < 1.29 is 9.59 Å². The van der Waals surface area contributed by atoms with Crippen molar-refractivity contribution in [3.63, 3.8) is 0 Å². The number of likely N-dealkylation sites (N-methyl/N-ethyl adjacent to an activating group) is 1. The summed E-state index contributed by atoms with van der Waals surface area (Å²) in [5.74, 6) is -0.569. The molecule has 0 aliphatic heterocycles. The molecule has 1 N–H and O–H groups in total. The summed E-state index contributed by atoms with van der Waals surface area (Å²) in [7, 11) is 1.52. The smallest absolute Gasteiger partial charge is 0.242 e. The van der Waals surface area contributed by atoms with E-state index >= 15 is 0 Å². The van der Waals surface area contributed by atoms with Crippen LogP contribution < -0.4 is 5.32 Å². The maximum Gasteiger partial charge on any atom is 0.242 e. The van der Waals surface area contributed by atoms with E-state index in [4.69, 9.17) is 46.4 Å². The van der Waals surface area contributed by atoms with Gasteiger partial charge in [-0.05, 0) is 42.3 Å². The van der Waals surface area contributed by atoms with E-state index < -0.39 is 6.04 Å². The topological polar surface area (TPSA) is 49.4 Å². The maximum absolute atomic E-state index is 13.0. The van der Waals surface area contributed by atoms with Crippen molar-refractivity contribution in [2.24, 2.45) is 0 Å². The minimum atomic E-state index is -0.696. The number of nitrogens with zero attached hydrogens (tertiary/aromatic N) is 1. The van der Waals surface area contributed by atoms with E-state index in [1.165, 1.54) is 11.9 Å². The number of carbonyl (C=O) groups is 2. The number of benzene rings is 2. The van der Waals surface area contributed by atoms with Crippen LogP contribution in [-0.2, 0) is 22.6 Å². The van der Waals surface area contributed by atoms with Gasteiger partial charge < -0.3 is 10.2 Å². The number of amides is 2. The molecule has 27 heavy (non-hydrogen) atoms. The second kappa shape index (κ2) is 9.65. The zero-order chi connectivity index (χ0) is 20.1. The molecular weight excluding hydrogens is 430 g/mol. The average Bonchev–Trinajstić information content (AvgIpc) is 2.64. The first kappa shape index (κ1) is 21.8. The van der Waals surface area contributed by atoms with Crippen molar-refractivity contribution in [1.82, 2.24) is 10.2 Å². The van der Waals surface area contributed by atoms with Gasteiger partial charge in [-0.3, -0.25) is 9.59 Å². The molecule has 2 amide bonds. The summed E-state index contributed by atoms with van der Waals surface area (Å²) in [6.45, 7) is 1.84. The van der Waals surface area contributed by atoms with Gasteiger partial charge in [0.2, 0.25) is 11.8 Å². The lowest BCUT2D eigenvalue weighted by Crippen LogP contribution is -2.47. The van der Waals surface area contributed by atoms with Crippen molar-refractivity contribution in [2.75, 3.05) is 7.05 Å². The first-order chi connectivity index (χ1) is 12.7. The molecule has 0 heterocycles. The summed E-state index contributed by atoms with van der Waals surface area (Å²) in [5, 5.41) is 4.16. The number of rotatable bonds is 6. The Morgan fingerprint density at radius 3 is 2.19 bits per heavy atom. The van der Waals surface area contributed by atoms with Crippen LogP contribution in [0.5, 0.6) is 0 Å². The van der Waals surface area contributed by atoms with Gasteiger partial charge >= 0.3 is 0 Å². The normalized spacial score (nSPS) is 11.8. The third-order valence-electron chi connectivity index (χ3n) is 4.14. The number of nitrogens with one attached hydrogen (secondary N) is 1. The Kier molecular flexibility index (Phi) is 7.80. The van der Waals surface area contributed by atoms with Crippen LogP contribution in [0.2, 0.25) is 20.1 Å². The third kappa shape index (κ3) is 5.52. The molecule has 144 valence electrons. The molecule has 8 heteroatoms. The number of hydrogen-bond acceptors (Lipinski definition) is 2. The van der Waals surface area contributed by atoms with Crippen molar-refractivity contribution in [3.05, 3.63) is 67.6 Å². The lowest BCUT2D eigenvalue weighted by molar-refractivity contribution is -0.139. The van der Waals surface area contributed by atoms with Gasteiger partial charge in [0.15, 0.2) is 0 Å². The monoisotopic (exact) mass is 446 g/mol.